The Labute approximate surface area is 105 Å². The van der Waals surface area contributed by atoms with Gasteiger partial charge in [0.25, 0.3) is 0 Å². The van der Waals surface area contributed by atoms with E-state index in [1.807, 2.05) is 0 Å². The number of nitrogens with zero attached hydrogens (tertiary/aromatic N) is 1. The van der Waals surface area contributed by atoms with Crippen LogP contribution in [0.2, 0.25) is 0 Å². The topological polar surface area (TPSA) is 29.3 Å². The van der Waals surface area contributed by atoms with Crippen LogP contribution in [0.4, 0.5) is 5.69 Å². The Morgan fingerprint density at radius 3 is 2.88 bits per heavy atom. The van der Waals surface area contributed by atoms with Crippen LogP contribution in [0.3, 0.4) is 0 Å². The maximum absolute atomic E-state index is 5.93. The lowest BCUT2D eigenvalue weighted by atomic mass is 9.66. The minimum atomic E-state index is 0.555. The van der Waals surface area contributed by atoms with Crippen molar-refractivity contribution in [3.63, 3.8) is 0 Å². The van der Waals surface area contributed by atoms with E-state index in [0.29, 0.717) is 6.04 Å². The van der Waals surface area contributed by atoms with Crippen LogP contribution in [-0.2, 0) is 0 Å². The molecule has 1 aliphatic carbocycles. The van der Waals surface area contributed by atoms with Gasteiger partial charge in [-0.2, -0.15) is 0 Å². The maximum atomic E-state index is 5.93. The Morgan fingerprint density at radius 2 is 2.19 bits per heavy atom. The van der Waals surface area contributed by atoms with E-state index in [-0.39, 0.29) is 0 Å². The molecule has 16 heavy (non-hydrogen) atoms. The first-order valence-electron chi connectivity index (χ1n) is 6.00. The minimum Gasteiger partial charge on any atom is -0.367 e. The molecular weight excluding hydrogens is 264 g/mol. The molecule has 0 radical (unpaired) electrons. The van der Waals surface area contributed by atoms with Gasteiger partial charge in [-0.15, -0.1) is 0 Å². The van der Waals surface area contributed by atoms with Crippen molar-refractivity contribution in [3.05, 3.63) is 28.7 Å². The number of fused-ring (bicyclic) bond motifs is 2. The van der Waals surface area contributed by atoms with E-state index >= 15 is 0 Å². The predicted molar refractivity (Wildman–Crippen MR) is 70.5 cm³/mol. The zero-order chi connectivity index (χ0) is 11.1. The van der Waals surface area contributed by atoms with E-state index in [0.717, 1.165) is 22.9 Å². The van der Waals surface area contributed by atoms with Crippen molar-refractivity contribution in [2.75, 3.05) is 18.0 Å². The first kappa shape index (κ1) is 10.6. The predicted octanol–water partition coefficient (Wildman–Crippen LogP) is 2.62. The van der Waals surface area contributed by atoms with Crippen molar-refractivity contribution < 1.29 is 0 Å². The van der Waals surface area contributed by atoms with E-state index in [4.69, 9.17) is 5.73 Å². The molecule has 2 nitrogen and oxygen atoms in total. The monoisotopic (exact) mass is 280 g/mol. The Bertz CT molecular complexity index is 387. The molecule has 1 aromatic rings. The molecule has 0 spiro atoms. The molecular formula is C13H17BrN2. The first-order chi connectivity index (χ1) is 7.78. The van der Waals surface area contributed by atoms with E-state index in [1.54, 1.807) is 0 Å². The van der Waals surface area contributed by atoms with Crippen molar-refractivity contribution in [2.24, 2.45) is 17.6 Å². The number of benzene rings is 1. The fourth-order valence-electron chi connectivity index (χ4n) is 3.19. The summed E-state index contributed by atoms with van der Waals surface area (Å²) in [7, 11) is 0. The largest absolute Gasteiger partial charge is 0.367 e. The molecule has 1 saturated carbocycles. The second-order valence-electron chi connectivity index (χ2n) is 5.03. The quantitative estimate of drug-likeness (QED) is 0.903. The lowest BCUT2D eigenvalue weighted by Gasteiger charge is -2.54. The van der Waals surface area contributed by atoms with Crippen molar-refractivity contribution in [1.82, 2.24) is 0 Å². The second kappa shape index (κ2) is 4.04. The molecule has 0 amide bonds. The Balaban J connectivity index is 1.88. The number of piperidine rings is 2. The van der Waals surface area contributed by atoms with Crippen LogP contribution in [0.25, 0.3) is 0 Å². The van der Waals surface area contributed by atoms with Gasteiger partial charge in [0.15, 0.2) is 0 Å². The van der Waals surface area contributed by atoms with Gasteiger partial charge in [0.2, 0.25) is 0 Å². The van der Waals surface area contributed by atoms with Crippen molar-refractivity contribution in [3.8, 4) is 0 Å². The molecule has 0 aromatic heterocycles. The standard InChI is InChI=1S/C13H17BrN2/c14-11-2-1-3-12(6-11)16-8-9-4-10(5-9)13(16)7-15/h1-3,6,9-10,13H,4-5,7-8,15H2. The Morgan fingerprint density at radius 1 is 1.38 bits per heavy atom. The second-order valence-corrected chi connectivity index (χ2v) is 5.95. The van der Waals surface area contributed by atoms with E-state index in [2.05, 4.69) is 45.1 Å². The van der Waals surface area contributed by atoms with E-state index in [9.17, 15) is 0 Å². The molecule has 2 aliphatic heterocycles. The molecule has 3 heteroatoms. The summed E-state index contributed by atoms with van der Waals surface area (Å²) in [6.45, 7) is 1.97. The van der Waals surface area contributed by atoms with Gasteiger partial charge < -0.3 is 10.6 Å². The van der Waals surface area contributed by atoms with Gasteiger partial charge in [-0.25, -0.2) is 0 Å². The molecule has 1 aromatic carbocycles. The van der Waals surface area contributed by atoms with Crippen LogP contribution in [0.5, 0.6) is 0 Å². The Kier molecular flexibility index (Phi) is 2.68. The van der Waals surface area contributed by atoms with Gasteiger partial charge in [0.05, 0.1) is 0 Å². The molecule has 86 valence electrons. The lowest BCUT2D eigenvalue weighted by molar-refractivity contribution is 0.114. The fraction of sp³-hybridized carbons (Fsp3) is 0.538. The normalized spacial score (nSPS) is 32.4. The molecule has 3 fully saturated rings. The third-order valence-electron chi connectivity index (χ3n) is 4.05. The van der Waals surface area contributed by atoms with Gasteiger partial charge in [-0.1, -0.05) is 22.0 Å². The molecule has 1 atom stereocenters. The number of rotatable bonds is 2. The molecule has 1 unspecified atom stereocenters. The van der Waals surface area contributed by atoms with Gasteiger partial charge in [0.1, 0.15) is 0 Å². The van der Waals surface area contributed by atoms with E-state index in [1.165, 1.54) is 25.1 Å². The molecule has 2 bridgehead atoms. The lowest BCUT2D eigenvalue weighted by Crippen LogP contribution is -2.58. The van der Waals surface area contributed by atoms with Crippen LogP contribution in [0, 0.1) is 11.8 Å². The summed E-state index contributed by atoms with van der Waals surface area (Å²) in [4.78, 5) is 2.51. The number of hydrogen-bond donors (Lipinski definition) is 1. The van der Waals surface area contributed by atoms with Crippen LogP contribution in [0.15, 0.2) is 28.7 Å². The number of anilines is 1. The van der Waals surface area contributed by atoms with Crippen LogP contribution in [-0.4, -0.2) is 19.1 Å². The van der Waals surface area contributed by atoms with Crippen LogP contribution < -0.4 is 10.6 Å². The highest BCUT2D eigenvalue weighted by Gasteiger charge is 2.43. The van der Waals surface area contributed by atoms with E-state index < -0.39 is 0 Å². The highest BCUT2D eigenvalue weighted by Crippen LogP contribution is 2.45. The molecule has 4 rings (SSSR count). The van der Waals surface area contributed by atoms with Gasteiger partial charge >= 0.3 is 0 Å². The summed E-state index contributed by atoms with van der Waals surface area (Å²) in [5.41, 5.74) is 7.25. The summed E-state index contributed by atoms with van der Waals surface area (Å²) in [5.74, 6) is 1.74. The molecule has 2 heterocycles. The summed E-state index contributed by atoms with van der Waals surface area (Å²) >= 11 is 3.54. The maximum Gasteiger partial charge on any atom is 0.0440 e. The van der Waals surface area contributed by atoms with Gasteiger partial charge in [-0.3, -0.25) is 0 Å². The zero-order valence-electron chi connectivity index (χ0n) is 9.27. The van der Waals surface area contributed by atoms with Crippen molar-refractivity contribution in [2.45, 2.75) is 18.9 Å². The molecule has 2 saturated heterocycles. The Hall–Kier alpha value is -0.540. The number of hydrogen-bond acceptors (Lipinski definition) is 2. The highest BCUT2D eigenvalue weighted by atomic mass is 79.9. The highest BCUT2D eigenvalue weighted by molar-refractivity contribution is 9.10. The van der Waals surface area contributed by atoms with Crippen molar-refractivity contribution >= 4 is 21.6 Å². The SMILES string of the molecule is NCC1C2CC(C2)CN1c1cccc(Br)c1. The fourth-order valence-corrected chi connectivity index (χ4v) is 3.58. The average molecular weight is 281 g/mol. The number of halogens is 1. The first-order valence-corrected chi connectivity index (χ1v) is 6.79. The third kappa shape index (κ3) is 1.66. The van der Waals surface area contributed by atoms with Crippen molar-refractivity contribution in [1.29, 1.82) is 0 Å². The smallest absolute Gasteiger partial charge is 0.0440 e. The molecule has 3 aliphatic rings. The van der Waals surface area contributed by atoms with Gasteiger partial charge in [0, 0.05) is 29.3 Å². The summed E-state index contributed by atoms with van der Waals surface area (Å²) in [5, 5.41) is 0. The van der Waals surface area contributed by atoms with Crippen LogP contribution in [0.1, 0.15) is 12.8 Å². The minimum absolute atomic E-state index is 0.555. The third-order valence-corrected chi connectivity index (χ3v) is 4.55. The average Bonchev–Trinajstić information content (AvgIpc) is 2.27. The molecule has 2 N–H and O–H groups in total. The van der Waals surface area contributed by atoms with Crippen LogP contribution >= 0.6 is 15.9 Å². The summed E-state index contributed by atoms with van der Waals surface area (Å²) in [6.07, 6.45) is 2.79. The summed E-state index contributed by atoms with van der Waals surface area (Å²) in [6, 6.07) is 9.13. The summed E-state index contributed by atoms with van der Waals surface area (Å²) < 4.78 is 1.15. The zero-order valence-corrected chi connectivity index (χ0v) is 10.9. The number of nitrogens with two attached hydrogens (primary N) is 1. The van der Waals surface area contributed by atoms with Gasteiger partial charge in [-0.05, 0) is 42.9 Å².